The number of aryl methyl sites for hydroxylation is 2. The molecule has 3 atom stereocenters. The second-order valence-electron chi connectivity index (χ2n) is 6.99. The third-order valence-corrected chi connectivity index (χ3v) is 7.48. The number of fused-ring (bicyclic) bond motifs is 1. The Kier molecular flexibility index (Phi) is 4.71. The van der Waals surface area contributed by atoms with Gasteiger partial charge >= 0.3 is 5.97 Å². The first-order valence-corrected chi connectivity index (χ1v) is 9.99. The minimum Gasteiger partial charge on any atom is -0.468 e. The average Bonchev–Trinajstić information content (AvgIpc) is 2.93. The van der Waals surface area contributed by atoms with Crippen LogP contribution in [0.5, 0.6) is 0 Å². The van der Waals surface area contributed by atoms with Crippen molar-refractivity contribution in [2.45, 2.75) is 62.9 Å². The molecule has 2 aliphatic rings. The van der Waals surface area contributed by atoms with Crippen LogP contribution in [0.25, 0.3) is 0 Å². The number of sulfonamides is 1. The van der Waals surface area contributed by atoms with Crippen LogP contribution in [-0.4, -0.2) is 37.9 Å². The van der Waals surface area contributed by atoms with E-state index in [1.807, 2.05) is 26.0 Å². The molecule has 0 amide bonds. The van der Waals surface area contributed by atoms with Crippen molar-refractivity contribution in [3.8, 4) is 0 Å². The van der Waals surface area contributed by atoms with Crippen molar-refractivity contribution in [3.05, 3.63) is 29.3 Å². The van der Waals surface area contributed by atoms with E-state index >= 15 is 0 Å². The quantitative estimate of drug-likeness (QED) is 0.786. The molecule has 1 heterocycles. The lowest BCUT2D eigenvalue weighted by Gasteiger charge is -2.32. The van der Waals surface area contributed by atoms with E-state index in [2.05, 4.69) is 0 Å². The number of methoxy groups -OCH3 is 1. The van der Waals surface area contributed by atoms with E-state index in [1.54, 1.807) is 6.07 Å². The van der Waals surface area contributed by atoms with E-state index in [9.17, 15) is 13.2 Å². The predicted molar refractivity (Wildman–Crippen MR) is 91.1 cm³/mol. The molecule has 1 aromatic rings. The lowest BCUT2D eigenvalue weighted by molar-refractivity contribution is -0.144. The lowest BCUT2D eigenvalue weighted by atomic mass is 9.85. The standard InChI is InChI=1S/C18H25NO4S/c1-12-8-9-17(13(2)10-12)24(21,22)19-15-7-5-4-6-14(15)11-16(19)18(20)23-3/h8-10,14-16H,4-7,11H2,1-3H3. The van der Waals surface area contributed by atoms with Crippen molar-refractivity contribution in [2.75, 3.05) is 7.11 Å². The molecule has 0 N–H and O–H groups in total. The molecule has 3 unspecified atom stereocenters. The maximum Gasteiger partial charge on any atom is 0.324 e. The fourth-order valence-corrected chi connectivity index (χ4v) is 6.38. The van der Waals surface area contributed by atoms with Crippen LogP contribution in [0, 0.1) is 19.8 Å². The van der Waals surface area contributed by atoms with Crippen LogP contribution < -0.4 is 0 Å². The molecule has 2 fully saturated rings. The summed E-state index contributed by atoms with van der Waals surface area (Å²) in [5.41, 5.74) is 1.74. The highest BCUT2D eigenvalue weighted by Crippen LogP contribution is 2.43. The fraction of sp³-hybridized carbons (Fsp3) is 0.611. The van der Waals surface area contributed by atoms with Gasteiger partial charge in [-0.3, -0.25) is 4.79 Å². The molecular weight excluding hydrogens is 326 g/mol. The molecule has 1 saturated heterocycles. The number of carbonyl (C=O) groups excluding carboxylic acids is 1. The second kappa shape index (κ2) is 6.48. The first kappa shape index (κ1) is 17.4. The molecule has 1 aliphatic carbocycles. The van der Waals surface area contributed by atoms with Gasteiger partial charge in [0.15, 0.2) is 0 Å². The molecule has 0 spiro atoms. The monoisotopic (exact) mass is 351 g/mol. The number of hydrogen-bond donors (Lipinski definition) is 0. The van der Waals surface area contributed by atoms with Gasteiger partial charge in [-0.1, -0.05) is 30.5 Å². The molecule has 6 heteroatoms. The van der Waals surface area contributed by atoms with Crippen LogP contribution in [0.3, 0.4) is 0 Å². The predicted octanol–water partition coefficient (Wildman–Crippen LogP) is 2.80. The van der Waals surface area contributed by atoms with Crippen LogP contribution in [-0.2, 0) is 19.6 Å². The van der Waals surface area contributed by atoms with Crippen LogP contribution in [0.2, 0.25) is 0 Å². The maximum atomic E-state index is 13.4. The number of hydrogen-bond acceptors (Lipinski definition) is 4. The van der Waals surface area contributed by atoms with Gasteiger partial charge < -0.3 is 4.74 Å². The maximum absolute atomic E-state index is 13.4. The van der Waals surface area contributed by atoms with Crippen molar-refractivity contribution in [2.24, 2.45) is 5.92 Å². The Morgan fingerprint density at radius 1 is 1.21 bits per heavy atom. The number of nitrogens with zero attached hydrogens (tertiary/aromatic N) is 1. The first-order valence-electron chi connectivity index (χ1n) is 8.55. The number of rotatable bonds is 3. The van der Waals surface area contributed by atoms with Crippen LogP contribution >= 0.6 is 0 Å². The number of carbonyl (C=O) groups is 1. The average molecular weight is 351 g/mol. The summed E-state index contributed by atoms with van der Waals surface area (Å²) in [5, 5.41) is 0. The van der Waals surface area contributed by atoms with Crippen LogP contribution in [0.1, 0.15) is 43.2 Å². The molecule has 24 heavy (non-hydrogen) atoms. The summed E-state index contributed by atoms with van der Waals surface area (Å²) < 4.78 is 33.1. The zero-order valence-corrected chi connectivity index (χ0v) is 15.3. The van der Waals surface area contributed by atoms with Gasteiger partial charge in [-0.05, 0) is 50.7 Å². The molecular formula is C18H25NO4S. The van der Waals surface area contributed by atoms with Gasteiger partial charge in [-0.25, -0.2) is 8.42 Å². The third kappa shape index (κ3) is 2.86. The molecule has 0 bridgehead atoms. The fourth-order valence-electron chi connectivity index (χ4n) is 4.30. The van der Waals surface area contributed by atoms with Crippen LogP contribution in [0.15, 0.2) is 23.1 Å². The Morgan fingerprint density at radius 3 is 2.58 bits per heavy atom. The van der Waals surface area contributed by atoms with E-state index in [-0.39, 0.29) is 12.0 Å². The van der Waals surface area contributed by atoms with Gasteiger partial charge in [0.2, 0.25) is 10.0 Å². The third-order valence-electron chi connectivity index (χ3n) is 5.39. The van der Waals surface area contributed by atoms with Crippen molar-refractivity contribution < 1.29 is 17.9 Å². The summed E-state index contributed by atoms with van der Waals surface area (Å²) in [4.78, 5) is 12.6. The van der Waals surface area contributed by atoms with Gasteiger partial charge in [0.1, 0.15) is 6.04 Å². The minimum atomic E-state index is -3.73. The van der Waals surface area contributed by atoms with Crippen molar-refractivity contribution >= 4 is 16.0 Å². The van der Waals surface area contributed by atoms with E-state index in [0.29, 0.717) is 11.3 Å². The summed E-state index contributed by atoms with van der Waals surface area (Å²) in [6.45, 7) is 3.75. The van der Waals surface area contributed by atoms with Gasteiger partial charge in [-0.15, -0.1) is 0 Å². The van der Waals surface area contributed by atoms with Crippen molar-refractivity contribution in [3.63, 3.8) is 0 Å². The number of esters is 1. The minimum absolute atomic E-state index is 0.0893. The zero-order chi connectivity index (χ0) is 17.5. The molecule has 5 nitrogen and oxygen atoms in total. The summed E-state index contributed by atoms with van der Waals surface area (Å²) in [7, 11) is -2.40. The molecule has 1 aliphatic heterocycles. The van der Waals surface area contributed by atoms with Crippen molar-refractivity contribution in [1.29, 1.82) is 0 Å². The highest BCUT2D eigenvalue weighted by molar-refractivity contribution is 7.89. The Balaban J connectivity index is 2.06. The highest BCUT2D eigenvalue weighted by atomic mass is 32.2. The summed E-state index contributed by atoms with van der Waals surface area (Å²) >= 11 is 0. The van der Waals surface area contributed by atoms with E-state index in [0.717, 1.165) is 36.8 Å². The molecule has 0 aromatic heterocycles. The Hall–Kier alpha value is -1.40. The molecule has 1 saturated carbocycles. The summed E-state index contributed by atoms with van der Waals surface area (Å²) in [6, 6.07) is 4.54. The molecule has 1 aromatic carbocycles. The molecule has 3 rings (SSSR count). The van der Waals surface area contributed by atoms with Gasteiger partial charge in [0.05, 0.1) is 12.0 Å². The van der Waals surface area contributed by atoms with Gasteiger partial charge in [-0.2, -0.15) is 4.31 Å². The Morgan fingerprint density at radius 2 is 1.92 bits per heavy atom. The summed E-state index contributed by atoms with van der Waals surface area (Å²) in [5.74, 6) is -0.193. The zero-order valence-electron chi connectivity index (χ0n) is 14.5. The van der Waals surface area contributed by atoms with Gasteiger partial charge in [0, 0.05) is 6.04 Å². The number of ether oxygens (including phenoxy) is 1. The van der Waals surface area contributed by atoms with Gasteiger partial charge in [0.25, 0.3) is 0 Å². The molecule has 0 radical (unpaired) electrons. The first-order chi connectivity index (χ1) is 11.4. The van der Waals surface area contributed by atoms with E-state index in [1.165, 1.54) is 11.4 Å². The van der Waals surface area contributed by atoms with Crippen LogP contribution in [0.4, 0.5) is 0 Å². The largest absolute Gasteiger partial charge is 0.468 e. The normalized spacial score (nSPS) is 27.7. The highest BCUT2D eigenvalue weighted by Gasteiger charge is 2.51. The topological polar surface area (TPSA) is 63.7 Å². The molecule has 132 valence electrons. The Labute approximate surface area is 144 Å². The smallest absolute Gasteiger partial charge is 0.324 e. The van der Waals surface area contributed by atoms with Crippen molar-refractivity contribution in [1.82, 2.24) is 4.31 Å². The summed E-state index contributed by atoms with van der Waals surface area (Å²) in [6.07, 6.45) is 4.49. The van der Waals surface area contributed by atoms with E-state index in [4.69, 9.17) is 4.74 Å². The number of benzene rings is 1. The second-order valence-corrected chi connectivity index (χ2v) is 8.80. The van der Waals surface area contributed by atoms with E-state index < -0.39 is 22.0 Å². The SMILES string of the molecule is COC(=O)C1CC2CCCCC2N1S(=O)(=O)c1ccc(C)cc1C. The lowest BCUT2D eigenvalue weighted by Crippen LogP contribution is -2.46. The Bertz CT molecular complexity index is 743.